The number of rotatable bonds is 3. The number of hydrogen-bond acceptors (Lipinski definition) is 3. The zero-order chi connectivity index (χ0) is 12.4. The van der Waals surface area contributed by atoms with Crippen LogP contribution in [-0.2, 0) is 4.74 Å². The normalized spacial score (nSPS) is 24.6. The van der Waals surface area contributed by atoms with E-state index >= 15 is 0 Å². The summed E-state index contributed by atoms with van der Waals surface area (Å²) in [5, 5.41) is 0. The van der Waals surface area contributed by atoms with Gasteiger partial charge in [-0.1, -0.05) is 30.7 Å². The SMILES string of the molecule is O=C(c1ccc(C2CCC2)cc1)C1CSCCO1. The summed E-state index contributed by atoms with van der Waals surface area (Å²) in [6.07, 6.45) is 3.71. The number of ketones is 1. The molecule has 3 rings (SSSR count). The predicted molar refractivity (Wildman–Crippen MR) is 74.4 cm³/mol. The third-order valence-corrected chi connectivity index (χ3v) is 4.87. The van der Waals surface area contributed by atoms with E-state index in [0.29, 0.717) is 6.61 Å². The van der Waals surface area contributed by atoms with Gasteiger partial charge >= 0.3 is 0 Å². The molecule has 1 aliphatic heterocycles. The predicted octanol–water partition coefficient (Wildman–Crippen LogP) is 3.27. The molecule has 1 heterocycles. The highest BCUT2D eigenvalue weighted by molar-refractivity contribution is 7.99. The first-order chi connectivity index (χ1) is 8.84. The molecule has 2 fully saturated rings. The third kappa shape index (κ3) is 2.47. The van der Waals surface area contributed by atoms with Gasteiger partial charge in [0, 0.05) is 17.1 Å². The summed E-state index contributed by atoms with van der Waals surface area (Å²) in [6, 6.07) is 8.18. The molecule has 0 amide bonds. The fourth-order valence-electron chi connectivity index (χ4n) is 2.49. The molecular formula is C15H18O2S. The van der Waals surface area contributed by atoms with Crippen LogP contribution in [-0.4, -0.2) is 30.0 Å². The molecule has 1 atom stereocenters. The zero-order valence-electron chi connectivity index (χ0n) is 10.4. The van der Waals surface area contributed by atoms with Crippen LogP contribution in [0.4, 0.5) is 0 Å². The lowest BCUT2D eigenvalue weighted by molar-refractivity contribution is 0.0519. The largest absolute Gasteiger partial charge is 0.368 e. The monoisotopic (exact) mass is 262 g/mol. The van der Waals surface area contributed by atoms with Crippen LogP contribution in [0.2, 0.25) is 0 Å². The highest BCUT2D eigenvalue weighted by atomic mass is 32.2. The third-order valence-electron chi connectivity index (χ3n) is 3.88. The van der Waals surface area contributed by atoms with Gasteiger partial charge in [-0.05, 0) is 24.3 Å². The fraction of sp³-hybridized carbons (Fsp3) is 0.533. The van der Waals surface area contributed by atoms with Gasteiger partial charge in [0.15, 0.2) is 5.78 Å². The van der Waals surface area contributed by atoms with Gasteiger partial charge in [-0.15, -0.1) is 0 Å². The van der Waals surface area contributed by atoms with Gasteiger partial charge in [-0.25, -0.2) is 0 Å². The van der Waals surface area contributed by atoms with Gasteiger partial charge in [-0.2, -0.15) is 11.8 Å². The summed E-state index contributed by atoms with van der Waals surface area (Å²) in [7, 11) is 0. The highest BCUT2D eigenvalue weighted by Gasteiger charge is 2.24. The highest BCUT2D eigenvalue weighted by Crippen LogP contribution is 2.36. The van der Waals surface area contributed by atoms with Crippen LogP contribution < -0.4 is 0 Å². The van der Waals surface area contributed by atoms with E-state index < -0.39 is 0 Å². The molecule has 1 saturated carbocycles. The van der Waals surface area contributed by atoms with Crippen molar-refractivity contribution >= 4 is 17.5 Å². The molecule has 0 spiro atoms. The Morgan fingerprint density at radius 2 is 2.00 bits per heavy atom. The van der Waals surface area contributed by atoms with E-state index in [1.165, 1.54) is 24.8 Å². The van der Waals surface area contributed by atoms with Crippen molar-refractivity contribution in [2.24, 2.45) is 0 Å². The first kappa shape index (κ1) is 12.2. The lowest BCUT2D eigenvalue weighted by atomic mass is 9.80. The summed E-state index contributed by atoms with van der Waals surface area (Å²) in [5.41, 5.74) is 2.18. The minimum Gasteiger partial charge on any atom is -0.368 e. The summed E-state index contributed by atoms with van der Waals surface area (Å²) >= 11 is 1.80. The number of Topliss-reactive ketones (excluding diaryl/α,β-unsaturated/α-hetero) is 1. The molecule has 18 heavy (non-hydrogen) atoms. The summed E-state index contributed by atoms with van der Waals surface area (Å²) < 4.78 is 5.53. The molecule has 2 nitrogen and oxygen atoms in total. The Kier molecular flexibility index (Phi) is 3.71. The molecule has 2 aliphatic rings. The molecule has 0 bridgehead atoms. The fourth-order valence-corrected chi connectivity index (χ4v) is 3.33. The maximum atomic E-state index is 12.2. The Bertz CT molecular complexity index is 417. The van der Waals surface area contributed by atoms with Crippen LogP contribution >= 0.6 is 11.8 Å². The average Bonchev–Trinajstić information content (AvgIpc) is 2.38. The van der Waals surface area contributed by atoms with Crippen molar-refractivity contribution in [3.63, 3.8) is 0 Å². The maximum absolute atomic E-state index is 12.2. The smallest absolute Gasteiger partial charge is 0.192 e. The van der Waals surface area contributed by atoms with Gasteiger partial charge < -0.3 is 4.74 Å². The molecule has 0 N–H and O–H groups in total. The lowest BCUT2D eigenvalue weighted by Crippen LogP contribution is -2.31. The van der Waals surface area contributed by atoms with Gasteiger partial charge in [0.05, 0.1) is 6.61 Å². The lowest BCUT2D eigenvalue weighted by Gasteiger charge is -2.26. The molecule has 1 saturated heterocycles. The van der Waals surface area contributed by atoms with Crippen molar-refractivity contribution in [1.82, 2.24) is 0 Å². The van der Waals surface area contributed by atoms with Crippen LogP contribution in [0.5, 0.6) is 0 Å². The second-order valence-corrected chi connectivity index (χ2v) is 6.20. The van der Waals surface area contributed by atoms with E-state index in [2.05, 4.69) is 12.1 Å². The van der Waals surface area contributed by atoms with Crippen LogP contribution in [0.1, 0.15) is 41.1 Å². The van der Waals surface area contributed by atoms with Gasteiger partial charge in [0.1, 0.15) is 6.10 Å². The Morgan fingerprint density at radius 3 is 2.56 bits per heavy atom. The molecule has 3 heteroatoms. The second kappa shape index (κ2) is 5.45. The van der Waals surface area contributed by atoms with Gasteiger partial charge in [-0.3, -0.25) is 4.79 Å². The zero-order valence-corrected chi connectivity index (χ0v) is 11.2. The van der Waals surface area contributed by atoms with E-state index in [9.17, 15) is 4.79 Å². The van der Waals surface area contributed by atoms with E-state index in [4.69, 9.17) is 4.74 Å². The van der Waals surface area contributed by atoms with E-state index in [-0.39, 0.29) is 11.9 Å². The van der Waals surface area contributed by atoms with Crippen LogP contribution in [0.3, 0.4) is 0 Å². The topological polar surface area (TPSA) is 26.3 Å². The molecule has 1 unspecified atom stereocenters. The Labute approximate surface area is 112 Å². The Morgan fingerprint density at radius 1 is 1.22 bits per heavy atom. The van der Waals surface area contributed by atoms with Crippen molar-refractivity contribution in [3.05, 3.63) is 35.4 Å². The summed E-state index contributed by atoms with van der Waals surface area (Å²) in [6.45, 7) is 0.696. The number of hydrogen-bond donors (Lipinski definition) is 0. The van der Waals surface area contributed by atoms with Crippen LogP contribution in [0.15, 0.2) is 24.3 Å². The minimum atomic E-state index is -0.238. The number of ether oxygens (including phenoxy) is 1. The number of carbonyl (C=O) groups is 1. The molecule has 1 aliphatic carbocycles. The molecule has 1 aromatic carbocycles. The molecule has 96 valence electrons. The first-order valence-corrected chi connectivity index (χ1v) is 7.83. The van der Waals surface area contributed by atoms with E-state index in [0.717, 1.165) is 23.0 Å². The Balaban J connectivity index is 1.69. The maximum Gasteiger partial charge on any atom is 0.192 e. The molecule has 1 aromatic rings. The van der Waals surface area contributed by atoms with Crippen LogP contribution in [0, 0.1) is 0 Å². The number of thioether (sulfide) groups is 1. The second-order valence-electron chi connectivity index (χ2n) is 5.05. The number of benzene rings is 1. The van der Waals surface area contributed by atoms with Gasteiger partial charge in [0.2, 0.25) is 0 Å². The standard InChI is InChI=1S/C15H18O2S/c16-15(14-10-18-9-8-17-14)13-6-4-12(5-7-13)11-2-1-3-11/h4-7,11,14H,1-3,8-10H2. The van der Waals surface area contributed by atoms with Crippen LogP contribution in [0.25, 0.3) is 0 Å². The van der Waals surface area contributed by atoms with Crippen molar-refractivity contribution in [1.29, 1.82) is 0 Å². The quantitative estimate of drug-likeness (QED) is 0.782. The Hall–Kier alpha value is -0.800. The van der Waals surface area contributed by atoms with E-state index in [1.54, 1.807) is 11.8 Å². The first-order valence-electron chi connectivity index (χ1n) is 6.68. The van der Waals surface area contributed by atoms with Crippen molar-refractivity contribution in [3.8, 4) is 0 Å². The van der Waals surface area contributed by atoms with Gasteiger partial charge in [0.25, 0.3) is 0 Å². The number of carbonyl (C=O) groups excluding carboxylic acids is 1. The molecular weight excluding hydrogens is 244 g/mol. The average molecular weight is 262 g/mol. The summed E-state index contributed by atoms with van der Waals surface area (Å²) in [5.74, 6) is 2.67. The summed E-state index contributed by atoms with van der Waals surface area (Å²) in [4.78, 5) is 12.2. The molecule has 0 radical (unpaired) electrons. The van der Waals surface area contributed by atoms with Crippen molar-refractivity contribution < 1.29 is 9.53 Å². The van der Waals surface area contributed by atoms with E-state index in [1.807, 2.05) is 12.1 Å². The van der Waals surface area contributed by atoms with Crippen molar-refractivity contribution in [2.45, 2.75) is 31.3 Å². The van der Waals surface area contributed by atoms with Crippen molar-refractivity contribution in [2.75, 3.05) is 18.1 Å². The minimum absolute atomic E-state index is 0.141. The molecule has 0 aromatic heterocycles.